The van der Waals surface area contributed by atoms with Gasteiger partial charge in [-0.1, -0.05) is 36.4 Å². The summed E-state index contributed by atoms with van der Waals surface area (Å²) in [6.07, 6.45) is 3.80. The molecule has 6 nitrogen and oxygen atoms in total. The van der Waals surface area contributed by atoms with Gasteiger partial charge in [0.05, 0.1) is 13.2 Å². The average Bonchev–Trinajstić information content (AvgIpc) is 3.52. The summed E-state index contributed by atoms with van der Waals surface area (Å²) >= 11 is 0. The summed E-state index contributed by atoms with van der Waals surface area (Å²) in [6.45, 7) is 0.387. The maximum Gasteiger partial charge on any atom is 0.329 e. The zero-order valence-corrected chi connectivity index (χ0v) is 16.6. The van der Waals surface area contributed by atoms with Crippen molar-refractivity contribution in [3.05, 3.63) is 65.2 Å². The van der Waals surface area contributed by atoms with Crippen LogP contribution in [-0.2, 0) is 17.8 Å². The minimum atomic E-state index is -1.11. The highest BCUT2D eigenvalue weighted by molar-refractivity contribution is 5.89. The number of nitrogens with zero attached hydrogens (tertiary/aromatic N) is 1. The second kappa shape index (κ2) is 7.78. The number of nitrogens with one attached hydrogen (secondary N) is 1. The Morgan fingerprint density at radius 2 is 2.00 bits per heavy atom. The van der Waals surface area contributed by atoms with Crippen molar-refractivity contribution in [2.24, 2.45) is 0 Å². The lowest BCUT2D eigenvalue weighted by molar-refractivity contribution is -0.140. The first-order chi connectivity index (χ1) is 14.0. The largest absolute Gasteiger partial charge is 0.497 e. The number of carboxylic acid groups (broad SMARTS) is 1. The van der Waals surface area contributed by atoms with E-state index < -0.39 is 11.5 Å². The summed E-state index contributed by atoms with van der Waals surface area (Å²) in [6, 6.07) is 15.4. The molecule has 152 valence electrons. The molecule has 2 aliphatic rings. The minimum Gasteiger partial charge on any atom is -0.497 e. The number of hydrogen-bond acceptors (Lipinski definition) is 3. The summed E-state index contributed by atoms with van der Waals surface area (Å²) < 4.78 is 5.32. The fourth-order valence-electron chi connectivity index (χ4n) is 4.14. The molecule has 2 aromatic carbocycles. The summed E-state index contributed by atoms with van der Waals surface area (Å²) in [5, 5.41) is 12.3. The van der Waals surface area contributed by atoms with Gasteiger partial charge in [0.1, 0.15) is 11.3 Å². The number of carbonyl (C=O) groups is 2. The topological polar surface area (TPSA) is 78.9 Å². The number of methoxy groups -OCH3 is 1. The Morgan fingerprint density at radius 1 is 1.21 bits per heavy atom. The van der Waals surface area contributed by atoms with E-state index in [1.54, 1.807) is 12.0 Å². The maximum absolute atomic E-state index is 13.3. The van der Waals surface area contributed by atoms with Gasteiger partial charge in [0.25, 0.3) is 0 Å². The molecule has 6 heteroatoms. The first-order valence-corrected chi connectivity index (χ1v) is 10.1. The molecular weight excluding hydrogens is 368 g/mol. The third kappa shape index (κ3) is 3.92. The minimum absolute atomic E-state index is 0.0873. The summed E-state index contributed by atoms with van der Waals surface area (Å²) in [7, 11) is 1.62. The highest BCUT2D eigenvalue weighted by atomic mass is 16.5. The molecule has 1 saturated carbocycles. The predicted octanol–water partition coefficient (Wildman–Crippen LogP) is 3.90. The number of ether oxygens (including phenoxy) is 1. The van der Waals surface area contributed by atoms with Crippen molar-refractivity contribution in [2.75, 3.05) is 7.11 Å². The van der Waals surface area contributed by atoms with Crippen LogP contribution in [0.15, 0.2) is 48.5 Å². The van der Waals surface area contributed by atoms with Crippen molar-refractivity contribution in [3.8, 4) is 5.75 Å². The number of aryl methyl sites for hydroxylation is 1. The van der Waals surface area contributed by atoms with E-state index in [1.165, 1.54) is 5.56 Å². The van der Waals surface area contributed by atoms with Gasteiger partial charge in [-0.25, -0.2) is 9.59 Å². The van der Waals surface area contributed by atoms with E-state index in [0.717, 1.165) is 36.1 Å². The second-order valence-corrected chi connectivity index (χ2v) is 7.90. The van der Waals surface area contributed by atoms with Crippen LogP contribution in [-0.4, -0.2) is 34.7 Å². The summed E-state index contributed by atoms with van der Waals surface area (Å²) in [5.74, 6) is -0.229. The van der Waals surface area contributed by atoms with Crippen LogP contribution in [0.3, 0.4) is 0 Å². The van der Waals surface area contributed by atoms with Gasteiger partial charge >= 0.3 is 12.0 Å². The van der Waals surface area contributed by atoms with E-state index in [-0.39, 0.29) is 12.1 Å². The van der Waals surface area contributed by atoms with Crippen LogP contribution in [0.5, 0.6) is 5.75 Å². The van der Waals surface area contributed by atoms with E-state index in [9.17, 15) is 14.7 Å². The number of fused-ring (bicyclic) bond motifs is 1. The van der Waals surface area contributed by atoms with Crippen LogP contribution in [0.4, 0.5) is 4.79 Å². The molecule has 0 heterocycles. The van der Waals surface area contributed by atoms with Crippen LogP contribution in [0, 0.1) is 0 Å². The number of aliphatic carboxylic acids is 1. The molecular formula is C23H26N2O4. The van der Waals surface area contributed by atoms with Crippen molar-refractivity contribution < 1.29 is 19.4 Å². The number of benzene rings is 2. The van der Waals surface area contributed by atoms with Crippen molar-refractivity contribution >= 4 is 12.0 Å². The van der Waals surface area contributed by atoms with Crippen molar-refractivity contribution in [1.29, 1.82) is 0 Å². The zero-order valence-electron chi connectivity index (χ0n) is 16.6. The van der Waals surface area contributed by atoms with Crippen molar-refractivity contribution in [3.63, 3.8) is 0 Å². The first-order valence-electron chi connectivity index (χ1n) is 10.1. The van der Waals surface area contributed by atoms with E-state index in [4.69, 9.17) is 4.74 Å². The number of amides is 2. The molecule has 1 atom stereocenters. The molecule has 29 heavy (non-hydrogen) atoms. The van der Waals surface area contributed by atoms with Gasteiger partial charge in [-0.3, -0.25) is 0 Å². The van der Waals surface area contributed by atoms with E-state index >= 15 is 0 Å². The smallest absolute Gasteiger partial charge is 0.329 e. The number of hydrogen-bond donors (Lipinski definition) is 2. The Morgan fingerprint density at radius 3 is 2.72 bits per heavy atom. The average molecular weight is 394 g/mol. The van der Waals surface area contributed by atoms with Crippen LogP contribution < -0.4 is 10.1 Å². The van der Waals surface area contributed by atoms with Gasteiger partial charge in [0, 0.05) is 6.54 Å². The van der Waals surface area contributed by atoms with Gasteiger partial charge in [0.2, 0.25) is 0 Å². The summed E-state index contributed by atoms with van der Waals surface area (Å²) in [5.41, 5.74) is 2.24. The molecule has 2 amide bonds. The molecule has 0 bridgehead atoms. The molecule has 0 spiro atoms. The molecule has 1 unspecified atom stereocenters. The van der Waals surface area contributed by atoms with Crippen LogP contribution in [0.2, 0.25) is 0 Å². The molecule has 0 saturated heterocycles. The van der Waals surface area contributed by atoms with Gasteiger partial charge < -0.3 is 20.1 Å². The van der Waals surface area contributed by atoms with E-state index in [2.05, 4.69) is 17.4 Å². The number of rotatable bonds is 6. The highest BCUT2D eigenvalue weighted by Gasteiger charge is 2.52. The van der Waals surface area contributed by atoms with Gasteiger partial charge in [-0.05, 0) is 60.9 Å². The fraction of sp³-hybridized carbons (Fsp3) is 0.391. The lowest BCUT2D eigenvalue weighted by Gasteiger charge is -2.36. The first kappa shape index (κ1) is 19.3. The maximum atomic E-state index is 13.3. The molecule has 0 aliphatic heterocycles. The van der Waals surface area contributed by atoms with Crippen molar-refractivity contribution in [1.82, 2.24) is 10.2 Å². The number of carboxylic acids is 1. The Bertz CT molecular complexity index is 923. The van der Waals surface area contributed by atoms with Gasteiger partial charge in [-0.2, -0.15) is 0 Å². The third-order valence-corrected chi connectivity index (χ3v) is 5.97. The quantitative estimate of drug-likeness (QED) is 0.779. The van der Waals surface area contributed by atoms with Crippen molar-refractivity contribution in [2.45, 2.75) is 50.2 Å². The van der Waals surface area contributed by atoms with E-state index in [0.29, 0.717) is 19.4 Å². The molecule has 2 N–H and O–H groups in total. The third-order valence-electron chi connectivity index (χ3n) is 5.97. The Hall–Kier alpha value is -3.02. The fourth-order valence-corrected chi connectivity index (χ4v) is 4.14. The molecule has 2 aliphatic carbocycles. The second-order valence-electron chi connectivity index (χ2n) is 7.90. The van der Waals surface area contributed by atoms with Crippen LogP contribution in [0.25, 0.3) is 0 Å². The standard InChI is InChI=1S/C23H26N2O4/c1-29-18-9-4-6-16(14-18)15-25(22(28)24-23(12-13-23)21(26)27)20-11-5-8-17-7-2-3-10-19(17)20/h2-4,6-7,9-10,14,20H,5,8,11-13,15H2,1H3,(H,24,28)(H,26,27). The molecule has 0 aromatic heterocycles. The number of carbonyl (C=O) groups excluding carboxylic acids is 1. The Balaban J connectivity index is 1.65. The molecule has 0 radical (unpaired) electrons. The van der Waals surface area contributed by atoms with Crippen LogP contribution in [0.1, 0.15) is 48.4 Å². The van der Waals surface area contributed by atoms with E-state index in [1.807, 2.05) is 36.4 Å². The lowest BCUT2D eigenvalue weighted by atomic mass is 9.86. The van der Waals surface area contributed by atoms with Crippen LogP contribution >= 0.6 is 0 Å². The lowest BCUT2D eigenvalue weighted by Crippen LogP contribution is -2.50. The zero-order chi connectivity index (χ0) is 20.4. The molecule has 2 aromatic rings. The molecule has 1 fully saturated rings. The normalized spacial score (nSPS) is 19.0. The van der Waals surface area contributed by atoms with Gasteiger partial charge in [0.15, 0.2) is 0 Å². The number of urea groups is 1. The Labute approximate surface area is 170 Å². The molecule has 4 rings (SSSR count). The monoisotopic (exact) mass is 394 g/mol. The Kier molecular flexibility index (Phi) is 5.18. The van der Waals surface area contributed by atoms with Gasteiger partial charge in [-0.15, -0.1) is 0 Å². The predicted molar refractivity (Wildman–Crippen MR) is 109 cm³/mol. The summed E-state index contributed by atoms with van der Waals surface area (Å²) in [4.78, 5) is 26.7. The highest BCUT2D eigenvalue weighted by Crippen LogP contribution is 2.38. The SMILES string of the molecule is COc1cccc(CN(C(=O)NC2(C(=O)O)CC2)C2CCCc3ccccc32)c1.